The SMILES string of the molecule is CC(C)(CCCCC(=O)CCCCC(C)(C)C1CCC(=O)O1)C1COC(=O)C1. The van der Waals surface area contributed by atoms with Crippen molar-refractivity contribution in [2.24, 2.45) is 16.7 Å². The molecule has 0 saturated carbocycles. The summed E-state index contributed by atoms with van der Waals surface area (Å²) in [5.74, 6) is 0.492. The topological polar surface area (TPSA) is 69.7 Å². The smallest absolute Gasteiger partial charge is 0.306 e. The molecule has 2 aliphatic heterocycles. The Labute approximate surface area is 169 Å². The zero-order valence-corrected chi connectivity index (χ0v) is 18.2. The number of rotatable bonds is 12. The highest BCUT2D eigenvalue weighted by Gasteiger charge is 2.37. The number of hydrogen-bond donors (Lipinski definition) is 0. The second-order valence-corrected chi connectivity index (χ2v) is 10.0. The summed E-state index contributed by atoms with van der Waals surface area (Å²) in [6, 6.07) is 0. The predicted molar refractivity (Wildman–Crippen MR) is 108 cm³/mol. The summed E-state index contributed by atoms with van der Waals surface area (Å²) >= 11 is 0. The summed E-state index contributed by atoms with van der Waals surface area (Å²) in [5, 5.41) is 0. The first kappa shape index (κ1) is 22.9. The van der Waals surface area contributed by atoms with Crippen LogP contribution in [0.15, 0.2) is 0 Å². The van der Waals surface area contributed by atoms with E-state index in [1.165, 1.54) is 0 Å². The fraction of sp³-hybridized carbons (Fsp3) is 0.870. The van der Waals surface area contributed by atoms with Gasteiger partial charge in [-0.2, -0.15) is 0 Å². The van der Waals surface area contributed by atoms with E-state index in [-0.39, 0.29) is 28.9 Å². The zero-order chi connectivity index (χ0) is 20.8. The third-order valence-corrected chi connectivity index (χ3v) is 6.77. The number of ketones is 1. The largest absolute Gasteiger partial charge is 0.465 e. The van der Waals surface area contributed by atoms with E-state index in [0.717, 1.165) is 44.9 Å². The second kappa shape index (κ2) is 9.89. The van der Waals surface area contributed by atoms with Crippen LogP contribution in [0.3, 0.4) is 0 Å². The molecule has 2 fully saturated rings. The normalized spacial score (nSPS) is 23.0. The third kappa shape index (κ3) is 6.89. The highest BCUT2D eigenvalue weighted by Crippen LogP contribution is 2.38. The number of hydrogen-bond acceptors (Lipinski definition) is 5. The molecule has 28 heavy (non-hydrogen) atoms. The maximum Gasteiger partial charge on any atom is 0.306 e. The Morgan fingerprint density at radius 1 is 0.929 bits per heavy atom. The minimum Gasteiger partial charge on any atom is -0.465 e. The first-order chi connectivity index (χ1) is 13.1. The maximum atomic E-state index is 12.2. The summed E-state index contributed by atoms with van der Waals surface area (Å²) in [6.45, 7) is 9.25. The molecule has 160 valence electrons. The van der Waals surface area contributed by atoms with Crippen molar-refractivity contribution in [3.63, 3.8) is 0 Å². The fourth-order valence-corrected chi connectivity index (χ4v) is 4.39. The van der Waals surface area contributed by atoms with E-state index in [2.05, 4.69) is 27.7 Å². The molecule has 2 rings (SSSR count). The molecule has 0 radical (unpaired) electrons. The summed E-state index contributed by atoms with van der Waals surface area (Å²) in [5.41, 5.74) is 0.0800. The second-order valence-electron chi connectivity index (χ2n) is 10.0. The van der Waals surface area contributed by atoms with E-state index in [1.54, 1.807) is 0 Å². The van der Waals surface area contributed by atoms with Crippen molar-refractivity contribution in [3.8, 4) is 0 Å². The molecule has 0 N–H and O–H groups in total. The Morgan fingerprint density at radius 2 is 1.54 bits per heavy atom. The summed E-state index contributed by atoms with van der Waals surface area (Å²) in [4.78, 5) is 34.8. The molecule has 5 nitrogen and oxygen atoms in total. The molecule has 0 aliphatic carbocycles. The van der Waals surface area contributed by atoms with Gasteiger partial charge in [0.05, 0.1) is 13.0 Å². The van der Waals surface area contributed by atoms with E-state index in [9.17, 15) is 14.4 Å². The lowest BCUT2D eigenvalue weighted by molar-refractivity contribution is -0.145. The predicted octanol–water partition coefficient (Wildman–Crippen LogP) is 5.00. The lowest BCUT2D eigenvalue weighted by Crippen LogP contribution is -2.29. The quantitative estimate of drug-likeness (QED) is 0.344. The Kier molecular flexibility index (Phi) is 8.08. The number of carbonyl (C=O) groups excluding carboxylic acids is 3. The lowest BCUT2D eigenvalue weighted by atomic mass is 9.74. The molecule has 5 heteroatoms. The van der Waals surface area contributed by atoms with Gasteiger partial charge in [0.1, 0.15) is 11.9 Å². The maximum absolute atomic E-state index is 12.2. The summed E-state index contributed by atoms with van der Waals surface area (Å²) in [7, 11) is 0. The molecule has 2 atom stereocenters. The van der Waals surface area contributed by atoms with E-state index < -0.39 is 0 Å². The zero-order valence-electron chi connectivity index (χ0n) is 18.2. The Hall–Kier alpha value is -1.39. The van der Waals surface area contributed by atoms with Crippen molar-refractivity contribution in [3.05, 3.63) is 0 Å². The van der Waals surface area contributed by atoms with Gasteiger partial charge in [0.25, 0.3) is 0 Å². The monoisotopic (exact) mass is 394 g/mol. The van der Waals surface area contributed by atoms with Gasteiger partial charge in [0, 0.05) is 30.6 Å². The molecular formula is C23H38O5. The summed E-state index contributed by atoms with van der Waals surface area (Å²) in [6.07, 6.45) is 9.07. The average Bonchev–Trinajstić information content (AvgIpc) is 3.25. The van der Waals surface area contributed by atoms with Crippen LogP contribution in [0.5, 0.6) is 0 Å². The fourth-order valence-electron chi connectivity index (χ4n) is 4.39. The molecule has 2 unspecified atom stereocenters. The van der Waals surface area contributed by atoms with Gasteiger partial charge in [-0.3, -0.25) is 14.4 Å². The van der Waals surface area contributed by atoms with Crippen molar-refractivity contribution in [1.82, 2.24) is 0 Å². The lowest BCUT2D eigenvalue weighted by Gasteiger charge is -2.30. The highest BCUT2D eigenvalue weighted by molar-refractivity contribution is 5.78. The third-order valence-electron chi connectivity index (χ3n) is 6.77. The average molecular weight is 395 g/mol. The van der Waals surface area contributed by atoms with Gasteiger partial charge >= 0.3 is 11.9 Å². The number of ether oxygens (including phenoxy) is 2. The number of Topliss-reactive ketones (excluding diaryl/α,β-unsaturated/α-hetero) is 1. The number of cyclic esters (lactones) is 2. The van der Waals surface area contributed by atoms with Gasteiger partial charge < -0.3 is 9.47 Å². The molecule has 2 heterocycles. The first-order valence-corrected chi connectivity index (χ1v) is 11.0. The van der Waals surface area contributed by atoms with Crippen LogP contribution in [0.2, 0.25) is 0 Å². The van der Waals surface area contributed by atoms with E-state index in [4.69, 9.17) is 9.47 Å². The van der Waals surface area contributed by atoms with Crippen molar-refractivity contribution in [2.45, 2.75) is 104 Å². The molecule has 0 bridgehead atoms. The van der Waals surface area contributed by atoms with E-state index in [1.807, 2.05) is 0 Å². The number of unbranched alkanes of at least 4 members (excludes halogenated alkanes) is 2. The van der Waals surface area contributed by atoms with Gasteiger partial charge in [0.15, 0.2) is 0 Å². The van der Waals surface area contributed by atoms with Crippen LogP contribution >= 0.6 is 0 Å². The van der Waals surface area contributed by atoms with Crippen molar-refractivity contribution in [2.75, 3.05) is 6.61 Å². The van der Waals surface area contributed by atoms with Gasteiger partial charge in [-0.1, -0.05) is 40.5 Å². The van der Waals surface area contributed by atoms with E-state index in [0.29, 0.717) is 44.0 Å². The Balaban J connectivity index is 1.54. The molecule has 0 amide bonds. The van der Waals surface area contributed by atoms with Crippen LogP contribution in [0.1, 0.15) is 98.3 Å². The Bertz CT molecular complexity index is 515. The molecule has 2 aliphatic rings. The first-order valence-electron chi connectivity index (χ1n) is 11.0. The number of carbonyl (C=O) groups is 3. The minimum absolute atomic E-state index is 0.00781. The Morgan fingerprint density at radius 3 is 2.04 bits per heavy atom. The molecule has 2 saturated heterocycles. The molecular weight excluding hydrogens is 356 g/mol. The van der Waals surface area contributed by atoms with Crippen LogP contribution < -0.4 is 0 Å². The van der Waals surface area contributed by atoms with Crippen LogP contribution in [-0.4, -0.2) is 30.4 Å². The van der Waals surface area contributed by atoms with Crippen molar-refractivity contribution < 1.29 is 23.9 Å². The van der Waals surface area contributed by atoms with Crippen LogP contribution in [0, 0.1) is 16.7 Å². The van der Waals surface area contributed by atoms with Crippen molar-refractivity contribution >= 4 is 17.7 Å². The molecule has 0 aromatic carbocycles. The van der Waals surface area contributed by atoms with Gasteiger partial charge in [0.2, 0.25) is 0 Å². The van der Waals surface area contributed by atoms with Gasteiger partial charge in [-0.15, -0.1) is 0 Å². The molecule has 0 spiro atoms. The highest BCUT2D eigenvalue weighted by atomic mass is 16.6. The number of esters is 2. The minimum atomic E-state index is -0.0810. The van der Waals surface area contributed by atoms with Gasteiger partial charge in [-0.05, 0) is 37.5 Å². The van der Waals surface area contributed by atoms with Crippen molar-refractivity contribution in [1.29, 1.82) is 0 Å². The van der Waals surface area contributed by atoms with Crippen LogP contribution in [-0.2, 0) is 23.9 Å². The molecule has 0 aromatic heterocycles. The molecule has 0 aromatic rings. The van der Waals surface area contributed by atoms with Gasteiger partial charge in [-0.25, -0.2) is 0 Å². The van der Waals surface area contributed by atoms with Crippen LogP contribution in [0.4, 0.5) is 0 Å². The van der Waals surface area contributed by atoms with Crippen LogP contribution in [0.25, 0.3) is 0 Å². The van der Waals surface area contributed by atoms with E-state index >= 15 is 0 Å². The summed E-state index contributed by atoms with van der Waals surface area (Å²) < 4.78 is 10.5. The standard InChI is InChI=1S/C23H38O5/c1-22(2,17-15-21(26)27-16-17)13-7-5-9-18(24)10-6-8-14-23(3,4)19-11-12-20(25)28-19/h17,19H,5-16H2,1-4H3.